The fourth-order valence-electron chi connectivity index (χ4n) is 3.13. The summed E-state index contributed by atoms with van der Waals surface area (Å²) in [7, 11) is 0. The molecule has 0 N–H and O–H groups in total. The van der Waals surface area contributed by atoms with Crippen LogP contribution >= 0.6 is 0 Å². The zero-order valence-electron chi connectivity index (χ0n) is 14.4. The molecule has 2 aromatic rings. The third-order valence-corrected chi connectivity index (χ3v) is 4.40. The molecule has 1 amide bonds. The van der Waals surface area contributed by atoms with Crippen molar-refractivity contribution in [3.05, 3.63) is 53.9 Å². The van der Waals surface area contributed by atoms with Crippen LogP contribution in [0.25, 0.3) is 0 Å². The normalized spacial score (nSPS) is 17.3. The van der Waals surface area contributed by atoms with Gasteiger partial charge in [0.1, 0.15) is 0 Å². The topological polar surface area (TPSA) is 64.4 Å². The summed E-state index contributed by atoms with van der Waals surface area (Å²) in [5, 5.41) is 4.29. The van der Waals surface area contributed by atoms with E-state index in [0.29, 0.717) is 31.8 Å². The summed E-state index contributed by atoms with van der Waals surface area (Å²) in [6, 6.07) is 9.98. The van der Waals surface area contributed by atoms with Gasteiger partial charge >= 0.3 is 5.97 Å². The molecule has 1 atom stereocenters. The molecule has 1 aromatic carbocycles. The third kappa shape index (κ3) is 4.26. The van der Waals surface area contributed by atoms with Gasteiger partial charge in [-0.3, -0.25) is 14.3 Å². The number of hydrogen-bond acceptors (Lipinski definition) is 4. The SMILES string of the molecule is CCOC(=O)C1CCCN(C(=O)c2cnn(Cc3ccccc3)c2)C1. The molecule has 1 aliphatic heterocycles. The second-order valence-electron chi connectivity index (χ2n) is 6.25. The molecule has 132 valence electrons. The minimum Gasteiger partial charge on any atom is -0.466 e. The highest BCUT2D eigenvalue weighted by atomic mass is 16.5. The van der Waals surface area contributed by atoms with Gasteiger partial charge in [0.05, 0.1) is 30.8 Å². The number of nitrogens with zero attached hydrogens (tertiary/aromatic N) is 3. The molecule has 2 heterocycles. The van der Waals surface area contributed by atoms with Gasteiger partial charge in [0, 0.05) is 19.3 Å². The number of likely N-dealkylation sites (tertiary alicyclic amines) is 1. The minimum absolute atomic E-state index is 0.0756. The Morgan fingerprint density at radius 3 is 2.84 bits per heavy atom. The number of esters is 1. The Labute approximate surface area is 147 Å². The van der Waals surface area contributed by atoms with Crippen molar-refractivity contribution in [2.24, 2.45) is 5.92 Å². The van der Waals surface area contributed by atoms with Crippen LogP contribution in [-0.4, -0.2) is 46.3 Å². The van der Waals surface area contributed by atoms with E-state index in [1.807, 2.05) is 30.3 Å². The molecule has 3 rings (SSSR count). The van der Waals surface area contributed by atoms with E-state index in [4.69, 9.17) is 4.74 Å². The summed E-state index contributed by atoms with van der Waals surface area (Å²) in [5.74, 6) is -0.509. The van der Waals surface area contributed by atoms with E-state index in [1.54, 1.807) is 28.9 Å². The first kappa shape index (κ1) is 17.2. The van der Waals surface area contributed by atoms with Gasteiger partial charge in [0.2, 0.25) is 0 Å². The van der Waals surface area contributed by atoms with Crippen molar-refractivity contribution in [3.63, 3.8) is 0 Å². The number of aromatic nitrogens is 2. The van der Waals surface area contributed by atoms with Gasteiger partial charge in [0.25, 0.3) is 5.91 Å². The number of carbonyl (C=O) groups is 2. The maximum atomic E-state index is 12.7. The van der Waals surface area contributed by atoms with Gasteiger partial charge < -0.3 is 9.64 Å². The summed E-state index contributed by atoms with van der Waals surface area (Å²) in [4.78, 5) is 26.4. The van der Waals surface area contributed by atoms with Gasteiger partial charge in [-0.2, -0.15) is 5.10 Å². The first-order chi connectivity index (χ1) is 12.2. The highest BCUT2D eigenvalue weighted by molar-refractivity contribution is 5.94. The van der Waals surface area contributed by atoms with Crippen LogP contribution in [0.4, 0.5) is 0 Å². The molecule has 1 fully saturated rings. The lowest BCUT2D eigenvalue weighted by atomic mass is 9.98. The summed E-state index contributed by atoms with van der Waals surface area (Å²) >= 11 is 0. The van der Waals surface area contributed by atoms with E-state index in [-0.39, 0.29) is 17.8 Å². The van der Waals surface area contributed by atoms with E-state index in [2.05, 4.69) is 5.10 Å². The van der Waals surface area contributed by atoms with E-state index >= 15 is 0 Å². The molecule has 0 aliphatic carbocycles. The zero-order valence-corrected chi connectivity index (χ0v) is 14.4. The van der Waals surface area contributed by atoms with Crippen LogP contribution in [0.2, 0.25) is 0 Å². The molecular weight excluding hydrogens is 318 g/mol. The first-order valence-electron chi connectivity index (χ1n) is 8.69. The molecule has 1 saturated heterocycles. The van der Waals surface area contributed by atoms with Crippen molar-refractivity contribution in [1.82, 2.24) is 14.7 Å². The summed E-state index contributed by atoms with van der Waals surface area (Å²) < 4.78 is 6.85. The van der Waals surface area contributed by atoms with Gasteiger partial charge in [-0.25, -0.2) is 0 Å². The van der Waals surface area contributed by atoms with Crippen molar-refractivity contribution < 1.29 is 14.3 Å². The second kappa shape index (κ2) is 7.96. The number of rotatable bonds is 5. The number of benzene rings is 1. The van der Waals surface area contributed by atoms with Crippen LogP contribution in [0.5, 0.6) is 0 Å². The molecule has 6 heteroatoms. The molecule has 0 saturated carbocycles. The van der Waals surface area contributed by atoms with Gasteiger partial charge in [-0.15, -0.1) is 0 Å². The summed E-state index contributed by atoms with van der Waals surface area (Å²) in [6.07, 6.45) is 4.95. The lowest BCUT2D eigenvalue weighted by molar-refractivity contribution is -0.149. The number of ether oxygens (including phenoxy) is 1. The lowest BCUT2D eigenvalue weighted by Crippen LogP contribution is -2.42. The number of carbonyl (C=O) groups excluding carboxylic acids is 2. The molecule has 25 heavy (non-hydrogen) atoms. The van der Waals surface area contributed by atoms with Crippen molar-refractivity contribution in [3.8, 4) is 0 Å². The zero-order chi connectivity index (χ0) is 17.6. The standard InChI is InChI=1S/C19H23N3O3/c1-2-25-19(24)16-9-6-10-21(13-16)18(23)17-11-20-22(14-17)12-15-7-4-3-5-8-15/h3-5,7-8,11,14,16H,2,6,9-10,12-13H2,1H3. The Hall–Kier alpha value is -2.63. The van der Waals surface area contributed by atoms with Gasteiger partial charge in [-0.1, -0.05) is 30.3 Å². The molecular formula is C19H23N3O3. The maximum Gasteiger partial charge on any atom is 0.310 e. The summed E-state index contributed by atoms with van der Waals surface area (Å²) in [6.45, 7) is 3.88. The fraction of sp³-hybridized carbons (Fsp3) is 0.421. The fourth-order valence-corrected chi connectivity index (χ4v) is 3.13. The molecule has 0 spiro atoms. The maximum absolute atomic E-state index is 12.7. The van der Waals surface area contributed by atoms with Crippen molar-refractivity contribution in [1.29, 1.82) is 0 Å². The van der Waals surface area contributed by atoms with Crippen LogP contribution in [0.1, 0.15) is 35.7 Å². The highest BCUT2D eigenvalue weighted by Crippen LogP contribution is 2.20. The second-order valence-corrected chi connectivity index (χ2v) is 6.25. The number of piperidine rings is 1. The highest BCUT2D eigenvalue weighted by Gasteiger charge is 2.30. The van der Waals surface area contributed by atoms with Gasteiger partial charge in [-0.05, 0) is 25.3 Å². The van der Waals surface area contributed by atoms with E-state index in [9.17, 15) is 9.59 Å². The van der Waals surface area contributed by atoms with Crippen LogP contribution < -0.4 is 0 Å². The predicted octanol–water partition coefficient (Wildman–Crippen LogP) is 2.35. The van der Waals surface area contributed by atoms with Crippen LogP contribution in [0.3, 0.4) is 0 Å². The van der Waals surface area contributed by atoms with Crippen molar-refractivity contribution in [2.45, 2.75) is 26.3 Å². The largest absolute Gasteiger partial charge is 0.466 e. The quantitative estimate of drug-likeness (QED) is 0.783. The Balaban J connectivity index is 1.64. The molecule has 6 nitrogen and oxygen atoms in total. The number of hydrogen-bond donors (Lipinski definition) is 0. The lowest BCUT2D eigenvalue weighted by Gasteiger charge is -2.31. The van der Waals surface area contributed by atoms with E-state index < -0.39 is 0 Å². The van der Waals surface area contributed by atoms with E-state index in [1.165, 1.54) is 0 Å². The average molecular weight is 341 g/mol. The monoisotopic (exact) mass is 341 g/mol. The molecule has 0 bridgehead atoms. The smallest absolute Gasteiger partial charge is 0.310 e. The van der Waals surface area contributed by atoms with Gasteiger partial charge in [0.15, 0.2) is 0 Å². The van der Waals surface area contributed by atoms with E-state index in [0.717, 1.165) is 18.4 Å². The summed E-state index contributed by atoms with van der Waals surface area (Å²) in [5.41, 5.74) is 1.69. The predicted molar refractivity (Wildman–Crippen MR) is 93.0 cm³/mol. The molecule has 0 radical (unpaired) electrons. The first-order valence-corrected chi connectivity index (χ1v) is 8.69. The Morgan fingerprint density at radius 1 is 1.28 bits per heavy atom. The van der Waals surface area contributed by atoms with Crippen LogP contribution in [0.15, 0.2) is 42.7 Å². The molecule has 1 aliphatic rings. The minimum atomic E-state index is -0.225. The van der Waals surface area contributed by atoms with Crippen LogP contribution in [-0.2, 0) is 16.1 Å². The third-order valence-electron chi connectivity index (χ3n) is 4.40. The Kier molecular flexibility index (Phi) is 5.48. The Morgan fingerprint density at radius 2 is 2.08 bits per heavy atom. The Bertz CT molecular complexity index is 727. The molecule has 1 aromatic heterocycles. The molecule has 1 unspecified atom stereocenters. The average Bonchev–Trinajstić information content (AvgIpc) is 3.11. The van der Waals surface area contributed by atoms with Crippen LogP contribution in [0, 0.1) is 5.92 Å². The van der Waals surface area contributed by atoms with Crippen molar-refractivity contribution in [2.75, 3.05) is 19.7 Å². The number of amides is 1. The van der Waals surface area contributed by atoms with Crippen molar-refractivity contribution >= 4 is 11.9 Å².